The van der Waals surface area contributed by atoms with Gasteiger partial charge in [-0.25, -0.2) is 0 Å². The molecule has 6 rings (SSSR count). The van der Waals surface area contributed by atoms with Gasteiger partial charge in [-0.2, -0.15) is 0 Å². The molecule has 1 unspecified atom stereocenters. The molecule has 2 aliphatic rings. The highest BCUT2D eigenvalue weighted by Gasteiger charge is 2.52. The average Bonchev–Trinajstić information content (AvgIpc) is 3.36. The summed E-state index contributed by atoms with van der Waals surface area (Å²) in [5.41, 5.74) is 8.80. The molecular formula is C24H16O2S. The van der Waals surface area contributed by atoms with E-state index < -0.39 is 6.29 Å². The number of benzene rings is 3. The molecule has 1 atom stereocenters. The van der Waals surface area contributed by atoms with Gasteiger partial charge in [0.05, 0.1) is 5.41 Å². The van der Waals surface area contributed by atoms with Gasteiger partial charge in [-0.15, -0.1) is 11.3 Å². The molecule has 2 N–H and O–H groups in total. The summed E-state index contributed by atoms with van der Waals surface area (Å²) in [6.45, 7) is 0. The number of rotatable bonds is 1. The van der Waals surface area contributed by atoms with Crippen molar-refractivity contribution in [2.75, 3.05) is 0 Å². The lowest BCUT2D eigenvalue weighted by molar-refractivity contribution is -0.0425. The van der Waals surface area contributed by atoms with E-state index in [-0.39, 0.29) is 5.41 Å². The lowest BCUT2D eigenvalue weighted by atomic mass is 9.73. The molecule has 130 valence electrons. The second-order valence-electron chi connectivity index (χ2n) is 7.18. The van der Waals surface area contributed by atoms with Crippen molar-refractivity contribution >= 4 is 11.3 Å². The number of hydrogen-bond acceptors (Lipinski definition) is 3. The molecule has 2 nitrogen and oxygen atoms in total. The van der Waals surface area contributed by atoms with Gasteiger partial charge in [-0.3, -0.25) is 0 Å². The molecule has 0 amide bonds. The molecule has 1 spiro atoms. The van der Waals surface area contributed by atoms with Crippen molar-refractivity contribution in [2.24, 2.45) is 0 Å². The van der Waals surface area contributed by atoms with Crippen LogP contribution in [0.3, 0.4) is 0 Å². The van der Waals surface area contributed by atoms with Gasteiger partial charge in [0.1, 0.15) is 0 Å². The first kappa shape index (κ1) is 15.3. The van der Waals surface area contributed by atoms with Gasteiger partial charge < -0.3 is 10.2 Å². The molecule has 1 heterocycles. The molecule has 0 bridgehead atoms. The predicted molar refractivity (Wildman–Crippen MR) is 108 cm³/mol. The molecule has 0 saturated heterocycles. The van der Waals surface area contributed by atoms with E-state index in [1.54, 1.807) is 11.3 Å². The quantitative estimate of drug-likeness (QED) is 0.398. The van der Waals surface area contributed by atoms with Gasteiger partial charge in [-0.1, -0.05) is 60.7 Å². The Hall–Kier alpha value is -2.72. The summed E-state index contributed by atoms with van der Waals surface area (Å²) in [7, 11) is 0. The monoisotopic (exact) mass is 368 g/mol. The molecule has 0 saturated carbocycles. The van der Waals surface area contributed by atoms with E-state index in [0.717, 1.165) is 5.56 Å². The minimum absolute atomic E-state index is 0.378. The molecule has 0 radical (unpaired) electrons. The zero-order chi connectivity index (χ0) is 18.2. The highest BCUT2D eigenvalue weighted by Crippen LogP contribution is 2.64. The number of hydrogen-bond donors (Lipinski definition) is 2. The van der Waals surface area contributed by atoms with Crippen LogP contribution in [0.5, 0.6) is 0 Å². The van der Waals surface area contributed by atoms with Gasteiger partial charge in [0.2, 0.25) is 0 Å². The maximum atomic E-state index is 9.81. The minimum Gasteiger partial charge on any atom is -0.364 e. The topological polar surface area (TPSA) is 40.5 Å². The molecule has 3 aromatic carbocycles. The number of aliphatic hydroxyl groups is 2. The molecule has 2 aliphatic carbocycles. The summed E-state index contributed by atoms with van der Waals surface area (Å²) in [5, 5.41) is 21.8. The van der Waals surface area contributed by atoms with Crippen LogP contribution in [0.4, 0.5) is 0 Å². The Morgan fingerprint density at radius 1 is 0.667 bits per heavy atom. The standard InChI is InChI=1S/C24H16O2S/c25-23(26)14-9-10-17-15-5-1-3-7-19(15)24(21(17)13-14)20-8-4-2-6-16(20)18-11-12-27-22(18)24/h1-13,23,25-26H. The molecule has 27 heavy (non-hydrogen) atoms. The summed E-state index contributed by atoms with van der Waals surface area (Å²) in [4.78, 5) is 1.32. The largest absolute Gasteiger partial charge is 0.364 e. The van der Waals surface area contributed by atoms with Crippen molar-refractivity contribution in [3.05, 3.63) is 105 Å². The van der Waals surface area contributed by atoms with E-state index in [2.05, 4.69) is 60.0 Å². The first-order chi connectivity index (χ1) is 13.2. The second-order valence-corrected chi connectivity index (χ2v) is 8.10. The molecule has 3 heteroatoms. The summed E-state index contributed by atoms with van der Waals surface area (Å²) in [6, 6.07) is 25.2. The third-order valence-corrected chi connectivity index (χ3v) is 7.03. The SMILES string of the molecule is OC(O)c1ccc2c(c1)C1(c3ccccc3-2)c2ccccc2-c2ccsc21. The predicted octanol–water partition coefficient (Wildman–Crippen LogP) is 5.07. The number of thiophene rings is 1. The van der Waals surface area contributed by atoms with Gasteiger partial charge in [0.25, 0.3) is 0 Å². The molecule has 1 aromatic heterocycles. The highest BCUT2D eigenvalue weighted by atomic mass is 32.1. The highest BCUT2D eigenvalue weighted by molar-refractivity contribution is 7.11. The second kappa shape index (κ2) is 5.17. The van der Waals surface area contributed by atoms with Crippen LogP contribution in [0, 0.1) is 0 Å². The fourth-order valence-electron chi connectivity index (χ4n) is 4.97. The summed E-state index contributed by atoms with van der Waals surface area (Å²) >= 11 is 1.78. The Bertz CT molecular complexity index is 1220. The van der Waals surface area contributed by atoms with Crippen molar-refractivity contribution < 1.29 is 10.2 Å². The maximum Gasteiger partial charge on any atom is 0.178 e. The van der Waals surface area contributed by atoms with Gasteiger partial charge in [0.15, 0.2) is 6.29 Å². The molecular weight excluding hydrogens is 352 g/mol. The van der Waals surface area contributed by atoms with Crippen LogP contribution in [0.2, 0.25) is 0 Å². The fraction of sp³-hybridized carbons (Fsp3) is 0.0833. The van der Waals surface area contributed by atoms with Crippen LogP contribution in [0.1, 0.15) is 33.4 Å². The van der Waals surface area contributed by atoms with Crippen molar-refractivity contribution in [3.8, 4) is 22.3 Å². The van der Waals surface area contributed by atoms with Gasteiger partial charge in [0, 0.05) is 10.4 Å². The van der Waals surface area contributed by atoms with Crippen LogP contribution in [0.15, 0.2) is 78.2 Å². The first-order valence-corrected chi connectivity index (χ1v) is 9.89. The van der Waals surface area contributed by atoms with Gasteiger partial charge >= 0.3 is 0 Å². The maximum absolute atomic E-state index is 9.81. The Morgan fingerprint density at radius 2 is 1.30 bits per heavy atom. The van der Waals surface area contributed by atoms with Crippen molar-refractivity contribution in [3.63, 3.8) is 0 Å². The van der Waals surface area contributed by atoms with E-state index in [9.17, 15) is 10.2 Å². The van der Waals surface area contributed by atoms with Crippen LogP contribution in [-0.4, -0.2) is 10.2 Å². The van der Waals surface area contributed by atoms with Crippen LogP contribution < -0.4 is 0 Å². The third-order valence-electron chi connectivity index (χ3n) is 5.99. The minimum atomic E-state index is -1.48. The molecule has 4 aromatic rings. The average molecular weight is 368 g/mol. The summed E-state index contributed by atoms with van der Waals surface area (Å²) < 4.78 is 0. The normalized spacial score (nSPS) is 18.5. The zero-order valence-electron chi connectivity index (χ0n) is 14.4. The number of fused-ring (bicyclic) bond motifs is 10. The lowest BCUT2D eigenvalue weighted by Gasteiger charge is -2.29. The zero-order valence-corrected chi connectivity index (χ0v) is 15.2. The van der Waals surface area contributed by atoms with Gasteiger partial charge in [-0.05, 0) is 56.5 Å². The van der Waals surface area contributed by atoms with Crippen LogP contribution >= 0.6 is 11.3 Å². The Balaban J connectivity index is 1.82. The Kier molecular flexibility index (Phi) is 2.94. The Labute approximate surface area is 161 Å². The molecule has 0 aliphatic heterocycles. The van der Waals surface area contributed by atoms with E-state index in [4.69, 9.17) is 0 Å². The smallest absolute Gasteiger partial charge is 0.178 e. The van der Waals surface area contributed by atoms with Crippen LogP contribution in [0.25, 0.3) is 22.3 Å². The fourth-order valence-corrected chi connectivity index (χ4v) is 6.12. The van der Waals surface area contributed by atoms with Crippen molar-refractivity contribution in [1.82, 2.24) is 0 Å². The summed E-state index contributed by atoms with van der Waals surface area (Å²) in [5.74, 6) is 0. The third kappa shape index (κ3) is 1.72. The number of aliphatic hydroxyl groups excluding tert-OH is 1. The first-order valence-electron chi connectivity index (χ1n) is 9.01. The van der Waals surface area contributed by atoms with Crippen molar-refractivity contribution in [1.29, 1.82) is 0 Å². The summed E-state index contributed by atoms with van der Waals surface area (Å²) in [6.07, 6.45) is -1.48. The van der Waals surface area contributed by atoms with Crippen molar-refractivity contribution in [2.45, 2.75) is 11.7 Å². The van der Waals surface area contributed by atoms with E-state index in [0.29, 0.717) is 5.56 Å². The Morgan fingerprint density at radius 3 is 2.00 bits per heavy atom. The molecule has 0 fully saturated rings. The van der Waals surface area contributed by atoms with Crippen LogP contribution in [-0.2, 0) is 5.41 Å². The van der Waals surface area contributed by atoms with E-state index in [1.807, 2.05) is 18.2 Å². The lowest BCUT2D eigenvalue weighted by Crippen LogP contribution is -2.25. The van der Waals surface area contributed by atoms with E-state index >= 15 is 0 Å². The van der Waals surface area contributed by atoms with E-state index in [1.165, 1.54) is 38.3 Å².